The summed E-state index contributed by atoms with van der Waals surface area (Å²) < 4.78 is 1.43. The van der Waals surface area contributed by atoms with Crippen molar-refractivity contribution in [1.29, 1.82) is 0 Å². The highest BCUT2D eigenvalue weighted by Crippen LogP contribution is 2.26. The van der Waals surface area contributed by atoms with Crippen molar-refractivity contribution >= 4 is 17.6 Å². The van der Waals surface area contributed by atoms with Crippen molar-refractivity contribution < 1.29 is 4.79 Å². The van der Waals surface area contributed by atoms with Gasteiger partial charge >= 0.3 is 0 Å². The molecule has 3 heterocycles. The fourth-order valence-corrected chi connectivity index (χ4v) is 3.39. The summed E-state index contributed by atoms with van der Waals surface area (Å²) in [6.45, 7) is 1.35. The molecular formula is C20H20N4O2. The smallest absolute Gasteiger partial charge is 0.272 e. The molecule has 1 aromatic carbocycles. The average molecular weight is 348 g/mol. The lowest BCUT2D eigenvalue weighted by Gasteiger charge is -2.31. The quantitative estimate of drug-likeness (QED) is 0.739. The fourth-order valence-electron chi connectivity index (χ4n) is 3.39. The maximum atomic E-state index is 12.4. The molecule has 6 nitrogen and oxygen atoms in total. The Labute approximate surface area is 150 Å². The summed E-state index contributed by atoms with van der Waals surface area (Å²) in [5.41, 5.74) is 2.37. The van der Waals surface area contributed by atoms with Crippen molar-refractivity contribution in [3.05, 3.63) is 76.3 Å². The van der Waals surface area contributed by atoms with Gasteiger partial charge in [-0.3, -0.25) is 14.7 Å². The Balaban J connectivity index is 1.41. The van der Waals surface area contributed by atoms with E-state index in [0.29, 0.717) is 18.7 Å². The van der Waals surface area contributed by atoms with Crippen LogP contribution in [-0.2, 0) is 4.79 Å². The number of fused-ring (bicyclic) bond motifs is 1. The first kappa shape index (κ1) is 16.3. The Kier molecular flexibility index (Phi) is 4.39. The third kappa shape index (κ3) is 3.31. The van der Waals surface area contributed by atoms with Gasteiger partial charge in [-0.25, -0.2) is 9.50 Å². The number of carbonyl (C=O) groups excluding carboxylic acids is 1. The third-order valence-corrected chi connectivity index (χ3v) is 4.84. The largest absolute Gasteiger partial charge is 0.339 e. The van der Waals surface area contributed by atoms with Crippen LogP contribution in [0.2, 0.25) is 0 Å². The van der Waals surface area contributed by atoms with E-state index in [0.717, 1.165) is 24.1 Å². The van der Waals surface area contributed by atoms with Gasteiger partial charge in [0.25, 0.3) is 5.56 Å². The van der Waals surface area contributed by atoms with E-state index < -0.39 is 0 Å². The van der Waals surface area contributed by atoms with Crippen LogP contribution in [0.3, 0.4) is 0 Å². The SMILES string of the molecule is O=C(/C=C/c1ccccc1)N1CCC(c2cc(=O)n3[nH]ccc3n2)CC1. The van der Waals surface area contributed by atoms with Crippen molar-refractivity contribution in [2.45, 2.75) is 18.8 Å². The second-order valence-corrected chi connectivity index (χ2v) is 6.52. The maximum absolute atomic E-state index is 12.4. The van der Waals surface area contributed by atoms with Crippen LogP contribution < -0.4 is 5.56 Å². The number of aromatic nitrogens is 3. The highest BCUT2D eigenvalue weighted by atomic mass is 16.2. The van der Waals surface area contributed by atoms with Gasteiger partial charge in [0.05, 0.1) is 5.69 Å². The van der Waals surface area contributed by atoms with Gasteiger partial charge in [-0.1, -0.05) is 30.3 Å². The van der Waals surface area contributed by atoms with E-state index in [2.05, 4.69) is 10.1 Å². The molecule has 4 rings (SSSR count). The molecule has 1 aliphatic rings. The monoisotopic (exact) mass is 348 g/mol. The van der Waals surface area contributed by atoms with Gasteiger partial charge in [0.15, 0.2) is 5.65 Å². The lowest BCUT2D eigenvalue weighted by Crippen LogP contribution is -2.37. The summed E-state index contributed by atoms with van der Waals surface area (Å²) in [6.07, 6.45) is 6.81. The van der Waals surface area contributed by atoms with Crippen LogP contribution in [0.15, 0.2) is 59.5 Å². The molecule has 26 heavy (non-hydrogen) atoms. The van der Waals surface area contributed by atoms with Gasteiger partial charge in [0.1, 0.15) is 0 Å². The number of amides is 1. The fraction of sp³-hybridized carbons (Fsp3) is 0.250. The molecule has 2 aromatic heterocycles. The van der Waals surface area contributed by atoms with Gasteiger partial charge < -0.3 is 4.90 Å². The summed E-state index contributed by atoms with van der Waals surface area (Å²) in [7, 11) is 0. The number of benzene rings is 1. The summed E-state index contributed by atoms with van der Waals surface area (Å²) in [4.78, 5) is 30.9. The van der Waals surface area contributed by atoms with Crippen LogP contribution in [-0.4, -0.2) is 38.5 Å². The minimum Gasteiger partial charge on any atom is -0.339 e. The van der Waals surface area contributed by atoms with Crippen LogP contribution >= 0.6 is 0 Å². The van der Waals surface area contributed by atoms with Crippen LogP contribution in [0, 0.1) is 0 Å². The van der Waals surface area contributed by atoms with E-state index in [-0.39, 0.29) is 17.4 Å². The molecule has 1 aliphatic heterocycles. The number of hydrogen-bond donors (Lipinski definition) is 1. The normalized spacial score (nSPS) is 15.8. The third-order valence-electron chi connectivity index (χ3n) is 4.84. The molecule has 3 aromatic rings. The molecule has 0 spiro atoms. The topological polar surface area (TPSA) is 70.5 Å². The molecule has 1 N–H and O–H groups in total. The summed E-state index contributed by atoms with van der Waals surface area (Å²) in [5, 5.41) is 2.85. The van der Waals surface area contributed by atoms with Gasteiger partial charge in [-0.2, -0.15) is 0 Å². The Morgan fingerprint density at radius 1 is 1.15 bits per heavy atom. The van der Waals surface area contributed by atoms with Crippen LogP contribution in [0.1, 0.15) is 30.0 Å². The molecule has 1 fully saturated rings. The van der Waals surface area contributed by atoms with Crippen LogP contribution in [0.4, 0.5) is 0 Å². The lowest BCUT2D eigenvalue weighted by atomic mass is 9.93. The van der Waals surface area contributed by atoms with E-state index in [1.807, 2.05) is 41.3 Å². The number of carbonyl (C=O) groups is 1. The zero-order chi connectivity index (χ0) is 17.9. The van der Waals surface area contributed by atoms with E-state index in [1.165, 1.54) is 4.52 Å². The van der Waals surface area contributed by atoms with Crippen molar-refractivity contribution in [3.63, 3.8) is 0 Å². The van der Waals surface area contributed by atoms with E-state index in [1.54, 1.807) is 24.4 Å². The summed E-state index contributed by atoms with van der Waals surface area (Å²) in [5.74, 6) is 0.242. The zero-order valence-electron chi connectivity index (χ0n) is 14.3. The van der Waals surface area contributed by atoms with Crippen molar-refractivity contribution in [2.75, 3.05) is 13.1 Å². The first-order valence-corrected chi connectivity index (χ1v) is 8.80. The van der Waals surface area contributed by atoms with E-state index in [9.17, 15) is 9.59 Å². The maximum Gasteiger partial charge on any atom is 0.272 e. The predicted octanol–water partition coefficient (Wildman–Crippen LogP) is 2.44. The minimum atomic E-state index is -0.0979. The molecule has 0 saturated carbocycles. The van der Waals surface area contributed by atoms with Crippen molar-refractivity contribution in [1.82, 2.24) is 19.5 Å². The average Bonchev–Trinajstić information content (AvgIpc) is 3.16. The molecular weight excluding hydrogens is 328 g/mol. The van der Waals surface area contributed by atoms with Gasteiger partial charge in [-0.15, -0.1) is 0 Å². The number of likely N-dealkylation sites (tertiary alicyclic amines) is 1. The molecule has 0 bridgehead atoms. The molecule has 6 heteroatoms. The van der Waals surface area contributed by atoms with Crippen molar-refractivity contribution in [3.8, 4) is 0 Å². The number of H-pyrrole nitrogens is 1. The number of nitrogens with one attached hydrogen (secondary N) is 1. The second-order valence-electron chi connectivity index (χ2n) is 6.52. The number of aromatic amines is 1. The van der Waals surface area contributed by atoms with Crippen LogP contribution in [0.25, 0.3) is 11.7 Å². The number of hydrogen-bond acceptors (Lipinski definition) is 3. The second kappa shape index (κ2) is 7.00. The van der Waals surface area contributed by atoms with Gasteiger partial charge in [0, 0.05) is 43.4 Å². The summed E-state index contributed by atoms with van der Waals surface area (Å²) >= 11 is 0. The molecule has 1 amide bonds. The highest BCUT2D eigenvalue weighted by Gasteiger charge is 2.24. The molecule has 0 radical (unpaired) electrons. The molecule has 0 unspecified atom stereocenters. The highest BCUT2D eigenvalue weighted by molar-refractivity contribution is 5.91. The first-order chi connectivity index (χ1) is 12.7. The molecule has 0 aliphatic carbocycles. The standard InChI is InChI=1S/C20H20N4O2/c25-19(7-6-15-4-2-1-3-5-15)23-12-9-16(10-13-23)17-14-20(26)24-18(22-17)8-11-21-24/h1-8,11,14,16,21H,9-10,12-13H2/b7-6+. The number of nitrogens with zero attached hydrogens (tertiary/aromatic N) is 3. The molecule has 1 saturated heterocycles. The van der Waals surface area contributed by atoms with Gasteiger partial charge in [-0.05, 0) is 24.5 Å². The van der Waals surface area contributed by atoms with Gasteiger partial charge in [0.2, 0.25) is 5.91 Å². The zero-order valence-corrected chi connectivity index (χ0v) is 14.3. The Morgan fingerprint density at radius 3 is 2.69 bits per heavy atom. The first-order valence-electron chi connectivity index (χ1n) is 8.80. The molecule has 132 valence electrons. The Bertz CT molecular complexity index is 995. The Morgan fingerprint density at radius 2 is 1.92 bits per heavy atom. The predicted molar refractivity (Wildman–Crippen MR) is 99.8 cm³/mol. The number of piperidine rings is 1. The number of rotatable bonds is 3. The summed E-state index contributed by atoms with van der Waals surface area (Å²) in [6, 6.07) is 13.2. The molecule has 0 atom stereocenters. The minimum absolute atomic E-state index is 0.0291. The van der Waals surface area contributed by atoms with E-state index in [4.69, 9.17) is 0 Å². The Hall–Kier alpha value is -3.15. The lowest BCUT2D eigenvalue weighted by molar-refractivity contribution is -0.126. The van der Waals surface area contributed by atoms with E-state index >= 15 is 0 Å². The van der Waals surface area contributed by atoms with Crippen molar-refractivity contribution in [2.24, 2.45) is 0 Å². The van der Waals surface area contributed by atoms with Crippen LogP contribution in [0.5, 0.6) is 0 Å².